The monoisotopic (exact) mass is 306 g/mol. The molecular formula is C11H9ClF2N2O2S. The molecule has 0 fully saturated rings. The molecule has 102 valence electrons. The Bertz CT molecular complexity index is 756. The Morgan fingerprint density at radius 1 is 1.26 bits per heavy atom. The molecule has 4 nitrogen and oxygen atoms in total. The van der Waals surface area contributed by atoms with Crippen molar-refractivity contribution < 1.29 is 17.2 Å². The lowest BCUT2D eigenvalue weighted by Gasteiger charge is -2.07. The maximum absolute atomic E-state index is 13.6. The van der Waals surface area contributed by atoms with Gasteiger partial charge in [-0.15, -0.1) is 0 Å². The van der Waals surface area contributed by atoms with E-state index < -0.39 is 26.6 Å². The van der Waals surface area contributed by atoms with Gasteiger partial charge in [-0.2, -0.15) is 17.6 Å². The zero-order chi connectivity index (χ0) is 14.4. The third-order valence-corrected chi connectivity index (χ3v) is 4.79. The number of halogens is 3. The average Bonchev–Trinajstić information content (AvgIpc) is 2.60. The summed E-state index contributed by atoms with van der Waals surface area (Å²) >= 11 is 5.85. The molecule has 0 spiro atoms. The summed E-state index contributed by atoms with van der Waals surface area (Å²) in [6.07, 6.45) is 0. The molecule has 2 rings (SSSR count). The summed E-state index contributed by atoms with van der Waals surface area (Å²) in [5.41, 5.74) is 0.433. The van der Waals surface area contributed by atoms with Crippen molar-refractivity contribution in [1.82, 2.24) is 9.19 Å². The topological polar surface area (TPSA) is 52.0 Å². The second kappa shape index (κ2) is 4.57. The Balaban J connectivity index is 2.72. The molecule has 0 atom stereocenters. The number of aryl methyl sites for hydroxylation is 1. The molecule has 0 amide bonds. The zero-order valence-corrected chi connectivity index (χ0v) is 11.6. The minimum absolute atomic E-state index is 0.142. The lowest BCUT2D eigenvalue weighted by molar-refractivity contribution is 0.543. The lowest BCUT2D eigenvalue weighted by atomic mass is 10.3. The van der Waals surface area contributed by atoms with Crippen molar-refractivity contribution in [2.24, 2.45) is 0 Å². The molecule has 2 aromatic rings. The number of aromatic nitrogens is 2. The van der Waals surface area contributed by atoms with Gasteiger partial charge in [0.25, 0.3) is 10.0 Å². The smallest absolute Gasteiger partial charge is 0.207 e. The van der Waals surface area contributed by atoms with Crippen molar-refractivity contribution in [2.75, 3.05) is 0 Å². The highest BCUT2D eigenvalue weighted by Crippen LogP contribution is 2.25. The maximum atomic E-state index is 13.6. The fourth-order valence-corrected chi connectivity index (χ4v) is 3.22. The standard InChI is InChI=1S/C11H9ClF2N2O2S/c1-6-11(12)7(2)16(15-6)19(17,18)10-5-8(13)3-4-9(10)14/h3-5H,1-2H3. The first kappa shape index (κ1) is 14.0. The Kier molecular flexibility index (Phi) is 3.36. The second-order valence-corrected chi connectivity index (χ2v) is 6.02. The van der Waals surface area contributed by atoms with Crippen molar-refractivity contribution >= 4 is 21.6 Å². The van der Waals surface area contributed by atoms with Gasteiger partial charge < -0.3 is 0 Å². The van der Waals surface area contributed by atoms with Crippen LogP contribution in [0.1, 0.15) is 11.4 Å². The Morgan fingerprint density at radius 3 is 2.42 bits per heavy atom. The van der Waals surface area contributed by atoms with Gasteiger partial charge in [0, 0.05) is 0 Å². The zero-order valence-electron chi connectivity index (χ0n) is 9.99. The molecule has 0 saturated heterocycles. The highest BCUT2D eigenvalue weighted by molar-refractivity contribution is 7.89. The van der Waals surface area contributed by atoms with Crippen LogP contribution in [0.25, 0.3) is 0 Å². The summed E-state index contributed by atoms with van der Waals surface area (Å²) in [6.45, 7) is 2.94. The predicted octanol–water partition coefficient (Wildman–Crippen LogP) is 2.67. The van der Waals surface area contributed by atoms with Crippen molar-refractivity contribution in [3.63, 3.8) is 0 Å². The van der Waals surface area contributed by atoms with Crippen LogP contribution in [0.2, 0.25) is 5.02 Å². The number of benzene rings is 1. The van der Waals surface area contributed by atoms with Gasteiger partial charge in [0.15, 0.2) is 0 Å². The van der Waals surface area contributed by atoms with E-state index in [0.717, 1.165) is 12.1 Å². The summed E-state index contributed by atoms with van der Waals surface area (Å²) < 4.78 is 51.7. The van der Waals surface area contributed by atoms with E-state index in [4.69, 9.17) is 11.6 Å². The van der Waals surface area contributed by atoms with Crippen LogP contribution in [-0.2, 0) is 10.0 Å². The van der Waals surface area contributed by atoms with Gasteiger partial charge in [0.2, 0.25) is 0 Å². The molecule has 1 aromatic carbocycles. The first-order valence-electron chi connectivity index (χ1n) is 5.17. The van der Waals surface area contributed by atoms with Crippen LogP contribution in [0.15, 0.2) is 23.1 Å². The van der Waals surface area contributed by atoms with E-state index >= 15 is 0 Å². The summed E-state index contributed by atoms with van der Waals surface area (Å²) in [4.78, 5) is -0.783. The van der Waals surface area contributed by atoms with E-state index in [1.165, 1.54) is 13.8 Å². The van der Waals surface area contributed by atoms with Crippen molar-refractivity contribution in [1.29, 1.82) is 0 Å². The molecule has 1 aromatic heterocycles. The van der Waals surface area contributed by atoms with E-state index in [0.29, 0.717) is 15.8 Å². The van der Waals surface area contributed by atoms with Crippen LogP contribution in [0.5, 0.6) is 0 Å². The lowest BCUT2D eigenvalue weighted by Crippen LogP contribution is -2.17. The summed E-state index contributed by atoms with van der Waals surface area (Å²) in [5.74, 6) is -1.90. The van der Waals surface area contributed by atoms with Gasteiger partial charge in [-0.25, -0.2) is 8.78 Å². The third kappa shape index (κ3) is 2.23. The van der Waals surface area contributed by atoms with Crippen molar-refractivity contribution in [2.45, 2.75) is 18.7 Å². The fraction of sp³-hybridized carbons (Fsp3) is 0.182. The summed E-state index contributed by atoms with van der Waals surface area (Å²) in [5, 5.41) is 3.90. The van der Waals surface area contributed by atoms with E-state index in [-0.39, 0.29) is 10.7 Å². The molecule has 0 aliphatic heterocycles. The quantitative estimate of drug-likeness (QED) is 0.857. The molecule has 0 radical (unpaired) electrons. The molecule has 1 heterocycles. The Hall–Kier alpha value is -1.47. The van der Waals surface area contributed by atoms with Crippen LogP contribution in [0.3, 0.4) is 0 Å². The van der Waals surface area contributed by atoms with Gasteiger partial charge in [-0.3, -0.25) is 0 Å². The summed E-state index contributed by atoms with van der Waals surface area (Å²) in [6, 6.07) is 2.19. The maximum Gasteiger partial charge on any atom is 0.286 e. The Labute approximate surface area is 113 Å². The predicted molar refractivity (Wildman–Crippen MR) is 65.7 cm³/mol. The van der Waals surface area contributed by atoms with Crippen LogP contribution < -0.4 is 0 Å². The first-order chi connectivity index (χ1) is 8.75. The highest BCUT2D eigenvalue weighted by atomic mass is 35.5. The molecule has 8 heteroatoms. The minimum atomic E-state index is -4.32. The average molecular weight is 307 g/mol. The van der Waals surface area contributed by atoms with E-state index in [2.05, 4.69) is 5.10 Å². The van der Waals surface area contributed by atoms with E-state index in [1.807, 2.05) is 0 Å². The van der Waals surface area contributed by atoms with Crippen LogP contribution >= 0.6 is 11.6 Å². The largest absolute Gasteiger partial charge is 0.286 e. The molecular weight excluding hydrogens is 298 g/mol. The minimum Gasteiger partial charge on any atom is -0.207 e. The van der Waals surface area contributed by atoms with Gasteiger partial charge in [0.1, 0.15) is 16.5 Å². The first-order valence-corrected chi connectivity index (χ1v) is 6.99. The molecule has 0 unspecified atom stereocenters. The van der Waals surface area contributed by atoms with Crippen LogP contribution in [0.4, 0.5) is 8.78 Å². The normalized spacial score (nSPS) is 11.8. The van der Waals surface area contributed by atoms with Gasteiger partial charge >= 0.3 is 0 Å². The highest BCUT2D eigenvalue weighted by Gasteiger charge is 2.26. The number of nitrogens with zero attached hydrogens (tertiary/aromatic N) is 2. The second-order valence-electron chi connectivity index (χ2n) is 3.91. The fourth-order valence-electron chi connectivity index (χ4n) is 1.60. The molecule has 0 bridgehead atoms. The summed E-state index contributed by atoms with van der Waals surface area (Å²) in [7, 11) is -4.32. The van der Waals surface area contributed by atoms with Crippen molar-refractivity contribution in [3.8, 4) is 0 Å². The molecule has 0 saturated carbocycles. The van der Waals surface area contributed by atoms with Crippen molar-refractivity contribution in [3.05, 3.63) is 46.2 Å². The number of rotatable bonds is 2. The number of hydrogen-bond donors (Lipinski definition) is 0. The van der Waals surface area contributed by atoms with Gasteiger partial charge in [0.05, 0.1) is 16.4 Å². The van der Waals surface area contributed by atoms with E-state index in [1.54, 1.807) is 0 Å². The molecule has 0 aliphatic rings. The van der Waals surface area contributed by atoms with Crippen LogP contribution in [0, 0.1) is 25.5 Å². The third-order valence-electron chi connectivity index (χ3n) is 2.56. The van der Waals surface area contributed by atoms with Gasteiger partial charge in [-0.1, -0.05) is 11.6 Å². The Morgan fingerprint density at radius 2 is 1.89 bits per heavy atom. The SMILES string of the molecule is Cc1nn(S(=O)(=O)c2cc(F)ccc2F)c(C)c1Cl. The number of hydrogen-bond acceptors (Lipinski definition) is 3. The molecule has 0 N–H and O–H groups in total. The van der Waals surface area contributed by atoms with E-state index in [9.17, 15) is 17.2 Å². The van der Waals surface area contributed by atoms with Gasteiger partial charge in [-0.05, 0) is 32.0 Å². The molecule has 19 heavy (non-hydrogen) atoms. The van der Waals surface area contributed by atoms with Crippen LogP contribution in [-0.4, -0.2) is 17.6 Å². The molecule has 0 aliphatic carbocycles.